The van der Waals surface area contributed by atoms with Gasteiger partial charge < -0.3 is 15.1 Å². The van der Waals surface area contributed by atoms with Gasteiger partial charge in [0.15, 0.2) is 0 Å². The van der Waals surface area contributed by atoms with Crippen LogP contribution in [0.2, 0.25) is 0 Å². The monoisotopic (exact) mass is 448 g/mol. The lowest BCUT2D eigenvalue weighted by Gasteiger charge is -2.25. The Morgan fingerprint density at radius 1 is 1.06 bits per heavy atom. The van der Waals surface area contributed by atoms with Crippen molar-refractivity contribution in [2.75, 3.05) is 32.7 Å². The van der Waals surface area contributed by atoms with Crippen LogP contribution in [0.3, 0.4) is 0 Å². The molecule has 1 N–H and O–H groups in total. The Hall–Kier alpha value is -2.73. The molecule has 4 rings (SSSR count). The summed E-state index contributed by atoms with van der Waals surface area (Å²) >= 11 is 0. The van der Waals surface area contributed by atoms with Gasteiger partial charge in [0.2, 0.25) is 5.91 Å². The molecular weight excluding hydrogens is 412 g/mol. The van der Waals surface area contributed by atoms with Crippen molar-refractivity contribution >= 4 is 11.8 Å². The third-order valence-corrected chi connectivity index (χ3v) is 7.16. The highest BCUT2D eigenvalue weighted by Crippen LogP contribution is 2.33. The van der Waals surface area contributed by atoms with Crippen LogP contribution in [0.25, 0.3) is 0 Å². The van der Waals surface area contributed by atoms with E-state index in [-0.39, 0.29) is 17.9 Å². The third kappa shape index (κ3) is 5.44. The number of rotatable bonds is 8. The van der Waals surface area contributed by atoms with Crippen LogP contribution in [-0.4, -0.2) is 59.3 Å². The molecular formula is C27H36N4O2. The lowest BCUT2D eigenvalue weighted by Crippen LogP contribution is -2.35. The molecule has 0 saturated carbocycles. The van der Waals surface area contributed by atoms with E-state index in [0.29, 0.717) is 18.3 Å². The molecule has 0 bridgehead atoms. The van der Waals surface area contributed by atoms with E-state index in [9.17, 15) is 9.59 Å². The summed E-state index contributed by atoms with van der Waals surface area (Å²) in [6.45, 7) is 10.6. The number of hydrogen-bond acceptors (Lipinski definition) is 4. The summed E-state index contributed by atoms with van der Waals surface area (Å²) in [6.07, 6.45) is 4.09. The second-order valence-electron chi connectivity index (χ2n) is 9.65. The highest BCUT2D eigenvalue weighted by molar-refractivity contribution is 5.96. The van der Waals surface area contributed by atoms with Crippen molar-refractivity contribution in [3.63, 3.8) is 0 Å². The Bertz CT molecular complexity index is 943. The highest BCUT2D eigenvalue weighted by Gasteiger charge is 2.42. The molecule has 3 atom stereocenters. The fraction of sp³-hybridized carbons (Fsp3) is 0.519. The number of aryl methyl sites for hydroxylation is 2. The van der Waals surface area contributed by atoms with E-state index in [1.54, 1.807) is 6.20 Å². The molecule has 2 aliphatic rings. The van der Waals surface area contributed by atoms with Gasteiger partial charge in [-0.2, -0.15) is 0 Å². The van der Waals surface area contributed by atoms with Crippen molar-refractivity contribution in [2.24, 2.45) is 11.8 Å². The van der Waals surface area contributed by atoms with E-state index in [4.69, 9.17) is 0 Å². The Kier molecular flexibility index (Phi) is 7.43. The second-order valence-corrected chi connectivity index (χ2v) is 9.65. The number of amides is 2. The lowest BCUT2D eigenvalue weighted by molar-refractivity contribution is -0.121. The predicted octanol–water partition coefficient (Wildman–Crippen LogP) is 3.75. The number of likely N-dealkylation sites (tertiary alicyclic amines) is 2. The van der Waals surface area contributed by atoms with Gasteiger partial charge in [0.25, 0.3) is 5.91 Å². The number of carbonyl (C=O) groups is 2. The maximum absolute atomic E-state index is 13.2. The molecule has 2 fully saturated rings. The largest absolute Gasteiger partial charge is 0.349 e. The molecule has 2 unspecified atom stereocenters. The van der Waals surface area contributed by atoms with Crippen LogP contribution in [0.5, 0.6) is 0 Å². The van der Waals surface area contributed by atoms with E-state index in [0.717, 1.165) is 62.4 Å². The molecule has 6 heteroatoms. The third-order valence-electron chi connectivity index (χ3n) is 7.16. The van der Waals surface area contributed by atoms with Crippen molar-refractivity contribution < 1.29 is 9.59 Å². The first-order valence-corrected chi connectivity index (χ1v) is 12.2. The number of nitrogens with one attached hydrogen (secondary N) is 1. The van der Waals surface area contributed by atoms with Crippen LogP contribution in [0.1, 0.15) is 59.4 Å². The van der Waals surface area contributed by atoms with Crippen LogP contribution in [0.4, 0.5) is 0 Å². The minimum absolute atomic E-state index is 0.0419. The summed E-state index contributed by atoms with van der Waals surface area (Å²) in [5, 5.41) is 3.23. The van der Waals surface area contributed by atoms with Gasteiger partial charge in [-0.15, -0.1) is 0 Å². The number of fused-ring (bicyclic) bond motifs is 1. The van der Waals surface area contributed by atoms with Crippen molar-refractivity contribution in [3.05, 3.63) is 65.0 Å². The Balaban J connectivity index is 1.33. The molecule has 2 aliphatic heterocycles. The van der Waals surface area contributed by atoms with Gasteiger partial charge >= 0.3 is 0 Å². The molecule has 0 aliphatic carbocycles. The van der Waals surface area contributed by atoms with Gasteiger partial charge in [-0.25, -0.2) is 0 Å². The van der Waals surface area contributed by atoms with Gasteiger partial charge in [0.05, 0.1) is 17.3 Å². The zero-order valence-electron chi connectivity index (χ0n) is 20.1. The smallest absolute Gasteiger partial charge is 0.255 e. The maximum atomic E-state index is 13.2. The van der Waals surface area contributed by atoms with Crippen molar-refractivity contribution in [2.45, 2.75) is 46.1 Å². The molecule has 0 spiro atoms. The quantitative estimate of drug-likeness (QED) is 0.668. The Morgan fingerprint density at radius 2 is 1.76 bits per heavy atom. The minimum atomic E-state index is 0.0419. The first-order valence-electron chi connectivity index (χ1n) is 12.2. The SMILES string of the molecule is CCCC(=O)N[C@@H](CCN1CC2CN(C(=O)c3c(C)ccnc3C)CC2C1)c1ccccc1. The molecule has 1 aromatic carbocycles. The summed E-state index contributed by atoms with van der Waals surface area (Å²) in [7, 11) is 0. The van der Waals surface area contributed by atoms with Gasteiger partial charge in [-0.3, -0.25) is 14.6 Å². The number of carbonyl (C=O) groups excluding carboxylic acids is 2. The molecule has 6 nitrogen and oxygen atoms in total. The average molecular weight is 449 g/mol. The molecule has 33 heavy (non-hydrogen) atoms. The van der Waals surface area contributed by atoms with E-state index >= 15 is 0 Å². The molecule has 2 aromatic rings. The normalized spacial score (nSPS) is 21.1. The highest BCUT2D eigenvalue weighted by atomic mass is 16.2. The standard InChI is InChI=1S/C27H36N4O2/c1-4-8-25(32)29-24(21-9-6-5-7-10-21)12-14-30-15-22-17-31(18-23(22)16-30)27(33)26-19(2)11-13-28-20(26)3/h5-7,9-11,13,22-24H,4,8,12,14-18H2,1-3H3,(H,29,32)/t22?,23?,24-/m0/s1. The van der Waals surface area contributed by atoms with Gasteiger partial charge in [-0.05, 0) is 55.7 Å². The van der Waals surface area contributed by atoms with E-state index in [1.807, 2.05) is 49.9 Å². The zero-order valence-corrected chi connectivity index (χ0v) is 20.1. The summed E-state index contributed by atoms with van der Waals surface area (Å²) in [4.78, 5) is 34.3. The van der Waals surface area contributed by atoms with Crippen molar-refractivity contribution in [3.8, 4) is 0 Å². The van der Waals surface area contributed by atoms with Crippen LogP contribution < -0.4 is 5.32 Å². The molecule has 2 saturated heterocycles. The van der Waals surface area contributed by atoms with Crippen molar-refractivity contribution in [1.82, 2.24) is 20.1 Å². The molecule has 0 radical (unpaired) electrons. The maximum Gasteiger partial charge on any atom is 0.255 e. The zero-order chi connectivity index (χ0) is 23.4. The van der Waals surface area contributed by atoms with Crippen LogP contribution in [-0.2, 0) is 4.79 Å². The first kappa shape index (κ1) is 23.4. The van der Waals surface area contributed by atoms with Gasteiger partial charge in [-0.1, -0.05) is 37.3 Å². The van der Waals surface area contributed by atoms with Crippen LogP contribution in [0.15, 0.2) is 42.6 Å². The molecule has 2 amide bonds. The fourth-order valence-electron chi connectivity index (χ4n) is 5.43. The summed E-state index contributed by atoms with van der Waals surface area (Å²) in [6, 6.07) is 12.2. The van der Waals surface area contributed by atoms with E-state index in [2.05, 4.69) is 27.3 Å². The fourth-order valence-corrected chi connectivity index (χ4v) is 5.43. The number of nitrogens with zero attached hydrogens (tertiary/aromatic N) is 3. The first-order chi connectivity index (χ1) is 16.0. The number of benzene rings is 1. The summed E-state index contributed by atoms with van der Waals surface area (Å²) in [5.41, 5.74) is 3.75. The van der Waals surface area contributed by atoms with Gasteiger partial charge in [0.1, 0.15) is 0 Å². The Labute approximate surface area is 197 Å². The molecule has 1 aromatic heterocycles. The number of hydrogen-bond donors (Lipinski definition) is 1. The van der Waals surface area contributed by atoms with Crippen LogP contribution in [0, 0.1) is 25.7 Å². The second kappa shape index (κ2) is 10.5. The Morgan fingerprint density at radius 3 is 2.39 bits per heavy atom. The summed E-state index contributed by atoms with van der Waals surface area (Å²) < 4.78 is 0. The number of aromatic nitrogens is 1. The minimum Gasteiger partial charge on any atom is -0.349 e. The van der Waals surface area contributed by atoms with Crippen LogP contribution >= 0.6 is 0 Å². The van der Waals surface area contributed by atoms with Crippen molar-refractivity contribution in [1.29, 1.82) is 0 Å². The molecule has 176 valence electrons. The lowest BCUT2D eigenvalue weighted by atomic mass is 10.0. The van der Waals surface area contributed by atoms with Gasteiger partial charge in [0, 0.05) is 45.3 Å². The topological polar surface area (TPSA) is 65.5 Å². The van der Waals surface area contributed by atoms with E-state index in [1.165, 1.54) is 5.56 Å². The molecule has 3 heterocycles. The average Bonchev–Trinajstić information content (AvgIpc) is 3.36. The number of pyridine rings is 1. The van der Waals surface area contributed by atoms with E-state index < -0.39 is 0 Å². The predicted molar refractivity (Wildman–Crippen MR) is 130 cm³/mol. The summed E-state index contributed by atoms with van der Waals surface area (Å²) in [5.74, 6) is 1.30.